The molecule has 14 heteroatoms. The summed E-state index contributed by atoms with van der Waals surface area (Å²) in [5, 5.41) is 23.4. The molecule has 4 aromatic rings. The Labute approximate surface area is 273 Å². The maximum absolute atomic E-state index is 12.7. The van der Waals surface area contributed by atoms with E-state index in [2.05, 4.69) is 20.9 Å². The number of aliphatic hydroxyl groups is 1. The van der Waals surface area contributed by atoms with Gasteiger partial charge in [0.1, 0.15) is 5.82 Å². The monoisotopic (exact) mass is 643 g/mol. The summed E-state index contributed by atoms with van der Waals surface area (Å²) in [5.74, 6) is 1.39. The maximum Gasteiger partial charge on any atom is 0.409 e. The number of likely N-dealkylation sites (tertiary alicyclic amines) is 1. The van der Waals surface area contributed by atoms with E-state index in [1.165, 1.54) is 7.11 Å². The number of piperidine rings is 1. The summed E-state index contributed by atoms with van der Waals surface area (Å²) in [7, 11) is 1.40. The zero-order valence-electron chi connectivity index (χ0n) is 26.5. The molecule has 2 aromatic heterocycles. The van der Waals surface area contributed by atoms with Crippen molar-refractivity contribution in [1.82, 2.24) is 30.0 Å². The second kappa shape index (κ2) is 15.2. The molecule has 0 aliphatic carbocycles. The highest BCUT2D eigenvalue weighted by Crippen LogP contribution is 2.32. The average molecular weight is 644 g/mol. The first-order chi connectivity index (χ1) is 23.0. The molecular weight excluding hydrogens is 602 g/mol. The van der Waals surface area contributed by atoms with Gasteiger partial charge in [-0.3, -0.25) is 0 Å². The molecule has 0 radical (unpaired) electrons. The van der Waals surface area contributed by atoms with Crippen LogP contribution in [0, 0.1) is 0 Å². The smallest absolute Gasteiger partial charge is 0.409 e. The zero-order chi connectivity index (χ0) is 32.6. The first kappa shape index (κ1) is 32.2. The molecule has 47 heavy (non-hydrogen) atoms. The summed E-state index contributed by atoms with van der Waals surface area (Å²) in [6, 6.07) is 14.9. The van der Waals surface area contributed by atoms with Crippen molar-refractivity contribution in [3.63, 3.8) is 0 Å². The van der Waals surface area contributed by atoms with Crippen LogP contribution in [0.3, 0.4) is 0 Å². The molecule has 4 heterocycles. The number of carbonyl (C=O) groups excluding carboxylic acids is 2. The van der Waals surface area contributed by atoms with Crippen LogP contribution in [-0.4, -0.2) is 108 Å². The first-order valence-corrected chi connectivity index (χ1v) is 16.0. The predicted octanol–water partition coefficient (Wildman–Crippen LogP) is 3.50. The SMILES string of the molecule is COC(=O)N1CCC(n2ncc3c(N4CCOCC4)nc(-c4ccc(NC(=O)Nc5ccc(CCNCCO)cc5)cc4)nc32)CC1. The highest BCUT2D eigenvalue weighted by molar-refractivity contribution is 6.00. The normalized spacial score (nSPS) is 15.5. The number of rotatable bonds is 10. The lowest BCUT2D eigenvalue weighted by Crippen LogP contribution is -2.39. The number of carbonyl (C=O) groups is 2. The number of hydrogen-bond acceptors (Lipinski definition) is 10. The summed E-state index contributed by atoms with van der Waals surface area (Å²) in [6.07, 6.45) is 3.85. The van der Waals surface area contributed by atoms with Gasteiger partial charge < -0.3 is 40.3 Å². The minimum Gasteiger partial charge on any atom is -0.453 e. The highest BCUT2D eigenvalue weighted by Gasteiger charge is 2.28. The van der Waals surface area contributed by atoms with Crippen molar-refractivity contribution in [2.45, 2.75) is 25.3 Å². The number of ether oxygens (including phenoxy) is 2. The summed E-state index contributed by atoms with van der Waals surface area (Å²) < 4.78 is 12.5. The lowest BCUT2D eigenvalue weighted by molar-refractivity contribution is 0.106. The van der Waals surface area contributed by atoms with Crippen LogP contribution in [0.2, 0.25) is 0 Å². The van der Waals surface area contributed by atoms with E-state index < -0.39 is 0 Å². The van der Waals surface area contributed by atoms with Crippen LogP contribution >= 0.6 is 0 Å². The molecule has 14 nitrogen and oxygen atoms in total. The Morgan fingerprint density at radius 2 is 1.62 bits per heavy atom. The van der Waals surface area contributed by atoms with Crippen LogP contribution in [0.5, 0.6) is 0 Å². The maximum atomic E-state index is 12.7. The van der Waals surface area contributed by atoms with Gasteiger partial charge in [0.05, 0.1) is 44.6 Å². The Hall–Kier alpha value is -4.79. The molecule has 0 bridgehead atoms. The highest BCUT2D eigenvalue weighted by atomic mass is 16.5. The molecule has 3 amide bonds. The number of amides is 3. The molecule has 2 aliphatic heterocycles. The van der Waals surface area contributed by atoms with Gasteiger partial charge in [0, 0.05) is 49.7 Å². The fraction of sp³-hybridized carbons (Fsp3) is 0.424. The Balaban J connectivity index is 1.16. The first-order valence-electron chi connectivity index (χ1n) is 16.0. The van der Waals surface area contributed by atoms with Gasteiger partial charge in [-0.25, -0.2) is 24.2 Å². The van der Waals surface area contributed by atoms with E-state index >= 15 is 0 Å². The quantitative estimate of drug-likeness (QED) is 0.189. The molecule has 0 atom stereocenters. The number of urea groups is 1. The largest absolute Gasteiger partial charge is 0.453 e. The molecule has 2 aliphatic rings. The summed E-state index contributed by atoms with van der Waals surface area (Å²) in [5.41, 5.74) is 4.03. The van der Waals surface area contributed by atoms with E-state index in [4.69, 9.17) is 29.6 Å². The standard InChI is InChI=1S/C33H41N9O5/c1-46-33(45)41-15-11-27(12-16-41)42-31-28(22-35-42)30(40-17-20-47-21-18-40)38-29(39-31)24-4-8-26(9-5-24)37-32(44)36-25-6-2-23(3-7-25)10-13-34-14-19-43/h2-9,22,27,34,43H,10-21H2,1H3,(H2,36,37,44). The number of hydrogen-bond donors (Lipinski definition) is 4. The number of methoxy groups -OCH3 is 1. The Morgan fingerprint density at radius 3 is 2.28 bits per heavy atom. The average Bonchev–Trinajstić information content (AvgIpc) is 3.55. The molecular formula is C33H41N9O5. The third-order valence-electron chi connectivity index (χ3n) is 8.48. The number of benzene rings is 2. The van der Waals surface area contributed by atoms with Crippen molar-refractivity contribution in [2.24, 2.45) is 0 Å². The summed E-state index contributed by atoms with van der Waals surface area (Å²) >= 11 is 0. The van der Waals surface area contributed by atoms with Crippen molar-refractivity contribution in [3.05, 3.63) is 60.3 Å². The number of nitrogens with zero attached hydrogens (tertiary/aromatic N) is 6. The van der Waals surface area contributed by atoms with Gasteiger partial charge in [-0.15, -0.1) is 0 Å². The topological polar surface area (TPSA) is 159 Å². The van der Waals surface area contributed by atoms with Gasteiger partial charge in [0.25, 0.3) is 0 Å². The molecule has 6 rings (SSSR count). The number of anilines is 3. The summed E-state index contributed by atoms with van der Waals surface area (Å²) in [4.78, 5) is 38.7. The van der Waals surface area contributed by atoms with Crippen LogP contribution in [0.4, 0.5) is 26.8 Å². The number of nitrogens with one attached hydrogen (secondary N) is 3. The van der Waals surface area contributed by atoms with E-state index in [9.17, 15) is 9.59 Å². The Kier molecular flexibility index (Phi) is 10.4. The second-order valence-corrected chi connectivity index (χ2v) is 11.6. The molecule has 0 saturated carbocycles. The number of aliphatic hydroxyl groups excluding tert-OH is 1. The lowest BCUT2D eigenvalue weighted by Gasteiger charge is -2.31. The molecule has 2 aromatic carbocycles. The van der Waals surface area contributed by atoms with Crippen molar-refractivity contribution >= 4 is 40.4 Å². The molecule has 248 valence electrons. The number of morpholine rings is 1. The van der Waals surface area contributed by atoms with Gasteiger partial charge in [-0.1, -0.05) is 12.1 Å². The number of fused-ring (bicyclic) bond motifs is 1. The minimum atomic E-state index is -0.343. The molecule has 2 saturated heterocycles. The fourth-order valence-electron chi connectivity index (χ4n) is 5.93. The minimum absolute atomic E-state index is 0.0869. The third kappa shape index (κ3) is 7.79. The predicted molar refractivity (Wildman–Crippen MR) is 179 cm³/mol. The van der Waals surface area contributed by atoms with Gasteiger partial charge in [0.15, 0.2) is 11.5 Å². The summed E-state index contributed by atoms with van der Waals surface area (Å²) in [6.45, 7) is 5.33. The molecule has 2 fully saturated rings. The van der Waals surface area contributed by atoms with E-state index in [0.717, 1.165) is 66.9 Å². The van der Waals surface area contributed by atoms with E-state index in [-0.39, 0.29) is 24.8 Å². The van der Waals surface area contributed by atoms with Crippen LogP contribution in [0.15, 0.2) is 54.7 Å². The van der Waals surface area contributed by atoms with Crippen molar-refractivity contribution < 1.29 is 24.2 Å². The van der Waals surface area contributed by atoms with Gasteiger partial charge >= 0.3 is 12.1 Å². The molecule has 0 unspecified atom stereocenters. The van der Waals surface area contributed by atoms with Crippen LogP contribution in [-0.2, 0) is 15.9 Å². The van der Waals surface area contributed by atoms with Crippen LogP contribution < -0.4 is 20.9 Å². The van der Waals surface area contributed by atoms with Gasteiger partial charge in [0.2, 0.25) is 0 Å². The van der Waals surface area contributed by atoms with Crippen molar-refractivity contribution in [2.75, 3.05) is 81.7 Å². The Bertz CT molecular complexity index is 1650. The van der Waals surface area contributed by atoms with Crippen LogP contribution in [0.25, 0.3) is 22.4 Å². The number of aromatic nitrogens is 4. The zero-order valence-corrected chi connectivity index (χ0v) is 26.5. The molecule has 4 N–H and O–H groups in total. The van der Waals surface area contributed by atoms with Gasteiger partial charge in [-0.05, 0) is 67.8 Å². The third-order valence-corrected chi connectivity index (χ3v) is 8.48. The molecule has 0 spiro atoms. The van der Waals surface area contributed by atoms with Crippen molar-refractivity contribution in [3.8, 4) is 11.4 Å². The van der Waals surface area contributed by atoms with E-state index in [1.54, 1.807) is 4.90 Å². The van der Waals surface area contributed by atoms with E-state index in [1.807, 2.05) is 59.4 Å². The Morgan fingerprint density at radius 1 is 0.936 bits per heavy atom. The fourth-order valence-corrected chi connectivity index (χ4v) is 5.93. The van der Waals surface area contributed by atoms with Crippen LogP contribution in [0.1, 0.15) is 24.4 Å². The van der Waals surface area contributed by atoms with E-state index in [0.29, 0.717) is 50.0 Å². The van der Waals surface area contributed by atoms with Crippen molar-refractivity contribution in [1.29, 1.82) is 0 Å². The second-order valence-electron chi connectivity index (χ2n) is 11.6. The lowest BCUT2D eigenvalue weighted by atomic mass is 10.1. The van der Waals surface area contributed by atoms with Gasteiger partial charge in [-0.2, -0.15) is 5.10 Å².